The van der Waals surface area contributed by atoms with Crippen molar-refractivity contribution in [3.8, 4) is 0 Å². The van der Waals surface area contributed by atoms with Crippen LogP contribution < -0.4 is 5.32 Å². The Hall–Kier alpha value is -2.21. The molecule has 2 atom stereocenters. The molecule has 156 valence electrons. The lowest BCUT2D eigenvalue weighted by Crippen LogP contribution is -2.34. The van der Waals surface area contributed by atoms with E-state index in [-0.39, 0.29) is 11.9 Å². The van der Waals surface area contributed by atoms with Crippen LogP contribution in [0.15, 0.2) is 24.3 Å². The van der Waals surface area contributed by atoms with Crippen LogP contribution in [0.5, 0.6) is 0 Å². The van der Waals surface area contributed by atoms with Gasteiger partial charge in [-0.15, -0.1) is 10.2 Å². The van der Waals surface area contributed by atoms with Crippen LogP contribution in [0, 0.1) is 0 Å². The van der Waals surface area contributed by atoms with Gasteiger partial charge in [0.1, 0.15) is 11.6 Å². The van der Waals surface area contributed by atoms with Gasteiger partial charge in [0, 0.05) is 18.7 Å². The van der Waals surface area contributed by atoms with Crippen molar-refractivity contribution in [2.24, 2.45) is 0 Å². The molecule has 1 saturated heterocycles. The monoisotopic (exact) mass is 395 g/mol. The van der Waals surface area contributed by atoms with Crippen molar-refractivity contribution in [2.45, 2.75) is 77.3 Å². The number of hydrogen-bond acceptors (Lipinski definition) is 4. The van der Waals surface area contributed by atoms with Crippen LogP contribution in [0.3, 0.4) is 0 Å². The molecule has 0 radical (unpaired) electrons. The number of aryl methyl sites for hydroxylation is 1. The molecule has 1 aromatic carbocycles. The summed E-state index contributed by atoms with van der Waals surface area (Å²) in [6.45, 7) is 6.78. The molecule has 0 spiro atoms. The first kappa shape index (κ1) is 20.1. The molecule has 1 amide bonds. The van der Waals surface area contributed by atoms with Gasteiger partial charge in [0.05, 0.1) is 12.6 Å². The highest BCUT2D eigenvalue weighted by Gasteiger charge is 2.32. The second-order valence-corrected chi connectivity index (χ2v) is 8.54. The zero-order valence-electron chi connectivity index (χ0n) is 17.7. The molecule has 2 unspecified atom stereocenters. The molecule has 1 N–H and O–H groups in total. The standard InChI is InChI=1S/C23H33N5O/c1-3-17(2)18-10-12-19(13-11-18)24-22(29)16-27-14-7-8-20(27)23-26-25-21-9-5-4-6-15-28(21)23/h10-13,17,20H,3-9,14-16H2,1-2H3,(H,24,29). The molecule has 2 aromatic rings. The van der Waals surface area contributed by atoms with E-state index in [0.29, 0.717) is 12.5 Å². The molecule has 6 heteroatoms. The summed E-state index contributed by atoms with van der Waals surface area (Å²) in [5, 5.41) is 12.1. The number of likely N-dealkylation sites (tertiary alicyclic amines) is 1. The molecule has 0 saturated carbocycles. The molecule has 1 fully saturated rings. The lowest BCUT2D eigenvalue weighted by molar-refractivity contribution is -0.117. The summed E-state index contributed by atoms with van der Waals surface area (Å²) in [7, 11) is 0. The number of anilines is 1. The van der Waals surface area contributed by atoms with Crippen molar-refractivity contribution in [1.82, 2.24) is 19.7 Å². The minimum absolute atomic E-state index is 0.0452. The van der Waals surface area contributed by atoms with Crippen molar-refractivity contribution in [2.75, 3.05) is 18.4 Å². The third kappa shape index (κ3) is 4.53. The molecule has 2 aliphatic rings. The Morgan fingerprint density at radius 2 is 1.97 bits per heavy atom. The summed E-state index contributed by atoms with van der Waals surface area (Å²) < 4.78 is 2.32. The summed E-state index contributed by atoms with van der Waals surface area (Å²) in [5.41, 5.74) is 2.19. The second-order valence-electron chi connectivity index (χ2n) is 8.54. The number of fused-ring (bicyclic) bond motifs is 1. The number of benzene rings is 1. The largest absolute Gasteiger partial charge is 0.325 e. The first-order valence-corrected chi connectivity index (χ1v) is 11.2. The summed E-state index contributed by atoms with van der Waals surface area (Å²) >= 11 is 0. The summed E-state index contributed by atoms with van der Waals surface area (Å²) in [5.74, 6) is 2.77. The van der Waals surface area contributed by atoms with E-state index >= 15 is 0 Å². The number of amides is 1. The highest BCUT2D eigenvalue weighted by molar-refractivity contribution is 5.92. The van der Waals surface area contributed by atoms with Crippen LogP contribution >= 0.6 is 0 Å². The topological polar surface area (TPSA) is 63.1 Å². The maximum absolute atomic E-state index is 12.7. The van der Waals surface area contributed by atoms with E-state index in [9.17, 15) is 4.79 Å². The van der Waals surface area contributed by atoms with Crippen LogP contribution in [0.2, 0.25) is 0 Å². The van der Waals surface area contributed by atoms with E-state index in [1.807, 2.05) is 12.1 Å². The maximum atomic E-state index is 12.7. The highest BCUT2D eigenvalue weighted by Crippen LogP contribution is 2.32. The quantitative estimate of drug-likeness (QED) is 0.792. The molecule has 3 heterocycles. The van der Waals surface area contributed by atoms with Gasteiger partial charge < -0.3 is 9.88 Å². The Morgan fingerprint density at radius 3 is 2.76 bits per heavy atom. The number of carbonyl (C=O) groups excluding carboxylic acids is 1. The smallest absolute Gasteiger partial charge is 0.238 e. The van der Waals surface area contributed by atoms with Gasteiger partial charge in [0.2, 0.25) is 5.91 Å². The first-order valence-electron chi connectivity index (χ1n) is 11.2. The Morgan fingerprint density at radius 1 is 1.14 bits per heavy atom. The molecule has 0 aliphatic carbocycles. The van der Waals surface area contributed by atoms with E-state index in [1.165, 1.54) is 24.8 Å². The van der Waals surface area contributed by atoms with Crippen molar-refractivity contribution in [1.29, 1.82) is 0 Å². The third-order valence-electron chi connectivity index (χ3n) is 6.52. The number of aromatic nitrogens is 3. The molecule has 4 rings (SSSR count). The lowest BCUT2D eigenvalue weighted by atomic mass is 9.99. The predicted octanol–water partition coefficient (Wildman–Crippen LogP) is 4.29. The normalized spacial score (nSPS) is 20.8. The molecule has 1 aromatic heterocycles. The minimum atomic E-state index is 0.0452. The molecule has 29 heavy (non-hydrogen) atoms. The number of nitrogens with one attached hydrogen (secondary N) is 1. The fourth-order valence-corrected chi connectivity index (χ4v) is 4.58. The van der Waals surface area contributed by atoms with Crippen LogP contribution in [-0.4, -0.2) is 38.7 Å². The zero-order valence-corrected chi connectivity index (χ0v) is 17.7. The summed E-state index contributed by atoms with van der Waals surface area (Å²) in [6, 6.07) is 8.47. The van der Waals surface area contributed by atoms with Crippen molar-refractivity contribution in [3.63, 3.8) is 0 Å². The number of rotatable bonds is 6. The minimum Gasteiger partial charge on any atom is -0.325 e. The molecule has 2 aliphatic heterocycles. The first-order chi connectivity index (χ1) is 14.2. The zero-order chi connectivity index (χ0) is 20.2. The van der Waals surface area contributed by atoms with Crippen molar-refractivity contribution in [3.05, 3.63) is 41.5 Å². The maximum Gasteiger partial charge on any atom is 0.238 e. The van der Waals surface area contributed by atoms with Gasteiger partial charge in [0.15, 0.2) is 0 Å². The van der Waals surface area contributed by atoms with Crippen molar-refractivity contribution >= 4 is 11.6 Å². The van der Waals surface area contributed by atoms with Gasteiger partial charge in [-0.25, -0.2) is 0 Å². The summed E-state index contributed by atoms with van der Waals surface area (Å²) in [4.78, 5) is 15.0. The van der Waals surface area contributed by atoms with Gasteiger partial charge >= 0.3 is 0 Å². The Labute approximate surface area is 173 Å². The fraction of sp³-hybridized carbons (Fsp3) is 0.609. The Kier molecular flexibility index (Phi) is 6.28. The summed E-state index contributed by atoms with van der Waals surface area (Å²) in [6.07, 6.45) is 7.94. The number of nitrogens with zero attached hydrogens (tertiary/aromatic N) is 4. The second kappa shape index (κ2) is 9.08. The molecule has 6 nitrogen and oxygen atoms in total. The third-order valence-corrected chi connectivity index (χ3v) is 6.52. The van der Waals surface area contributed by atoms with E-state index in [4.69, 9.17) is 0 Å². The van der Waals surface area contributed by atoms with Crippen molar-refractivity contribution < 1.29 is 4.79 Å². The fourth-order valence-electron chi connectivity index (χ4n) is 4.58. The molecular formula is C23H33N5O. The van der Waals surface area contributed by atoms with Gasteiger partial charge in [0.25, 0.3) is 0 Å². The number of hydrogen-bond donors (Lipinski definition) is 1. The van der Waals surface area contributed by atoms with Crippen LogP contribution in [-0.2, 0) is 17.8 Å². The number of carbonyl (C=O) groups is 1. The Balaban J connectivity index is 1.40. The molecule has 0 bridgehead atoms. The van der Waals surface area contributed by atoms with E-state index in [2.05, 4.69) is 51.0 Å². The predicted molar refractivity (Wildman–Crippen MR) is 115 cm³/mol. The highest BCUT2D eigenvalue weighted by atomic mass is 16.2. The SMILES string of the molecule is CCC(C)c1ccc(NC(=O)CN2CCCC2c2nnc3n2CCCCC3)cc1. The average molecular weight is 396 g/mol. The average Bonchev–Trinajstić information content (AvgIpc) is 3.27. The van der Waals surface area contributed by atoms with Crippen LogP contribution in [0.25, 0.3) is 0 Å². The van der Waals surface area contributed by atoms with Gasteiger partial charge in [-0.3, -0.25) is 9.69 Å². The van der Waals surface area contributed by atoms with Gasteiger partial charge in [-0.1, -0.05) is 32.4 Å². The van der Waals surface area contributed by atoms with Crippen LogP contribution in [0.4, 0.5) is 5.69 Å². The van der Waals surface area contributed by atoms with Crippen LogP contribution in [0.1, 0.15) is 81.5 Å². The lowest BCUT2D eigenvalue weighted by Gasteiger charge is -2.24. The van der Waals surface area contributed by atoms with Gasteiger partial charge in [-0.2, -0.15) is 0 Å². The van der Waals surface area contributed by atoms with E-state index in [1.54, 1.807) is 0 Å². The van der Waals surface area contributed by atoms with E-state index < -0.39 is 0 Å². The van der Waals surface area contributed by atoms with E-state index in [0.717, 1.165) is 56.1 Å². The molecular weight excluding hydrogens is 362 g/mol. The Bertz CT molecular complexity index is 828. The van der Waals surface area contributed by atoms with Gasteiger partial charge in [-0.05, 0) is 62.3 Å².